The number of rotatable bonds is 40. The third-order valence-electron chi connectivity index (χ3n) is 11.5. The highest BCUT2D eigenvalue weighted by Gasteiger charge is 2.69. The Hall–Kier alpha value is -3.52. The molecule has 0 radical (unpaired) electrons. The molecule has 3 amide bonds. The maximum absolute atomic E-state index is 17.5. The fourth-order valence-electron chi connectivity index (χ4n) is 7.31. The van der Waals surface area contributed by atoms with Crippen LogP contribution in [-0.2, 0) is 58.9 Å². The molecule has 398 valence electrons. The van der Waals surface area contributed by atoms with Crippen LogP contribution in [0, 0.1) is 0 Å². The average Bonchev–Trinajstić information content (AvgIpc) is 3.33. The molecule has 1 aliphatic rings. The molecule has 16 nitrogen and oxygen atoms in total. The molecular weight excluding hydrogens is 899 g/mol. The second kappa shape index (κ2) is 36.4. The molecule has 7 atom stereocenters. The van der Waals surface area contributed by atoms with Gasteiger partial charge < -0.3 is 59.2 Å². The SMILES string of the molecule is CCCCOC[C@H]1O[C@@](OCCCC)(C(F)(F)CNCCCC[C@H](NC(=O)OCc2ccccc2)C(=O)N[C@@H](C)C(=O)NCC(=O)OCCCC)[C@H](OCCCC)[C@@H](OCCCC)[C@H]1OCCCC. The van der Waals surface area contributed by atoms with E-state index >= 15 is 8.78 Å². The van der Waals surface area contributed by atoms with E-state index in [0.29, 0.717) is 64.8 Å². The number of ether oxygens (including phenoxy) is 8. The van der Waals surface area contributed by atoms with Crippen LogP contribution in [0.1, 0.15) is 150 Å². The Balaban J connectivity index is 2.32. The Kier molecular flexibility index (Phi) is 32.5. The van der Waals surface area contributed by atoms with Gasteiger partial charge >= 0.3 is 18.0 Å². The average molecular weight is 987 g/mol. The van der Waals surface area contributed by atoms with Crippen molar-refractivity contribution in [1.82, 2.24) is 21.3 Å². The number of halogens is 2. The third kappa shape index (κ3) is 23.1. The molecule has 0 spiro atoms. The number of hydrogen-bond donors (Lipinski definition) is 4. The van der Waals surface area contributed by atoms with Crippen LogP contribution in [-0.4, -0.2) is 138 Å². The predicted molar refractivity (Wildman–Crippen MR) is 260 cm³/mol. The highest BCUT2D eigenvalue weighted by atomic mass is 19.3. The third-order valence-corrected chi connectivity index (χ3v) is 11.5. The minimum atomic E-state index is -3.67. The van der Waals surface area contributed by atoms with E-state index in [-0.39, 0.29) is 52.5 Å². The smallest absolute Gasteiger partial charge is 0.408 e. The van der Waals surface area contributed by atoms with E-state index in [4.69, 9.17) is 37.9 Å². The fraction of sp³-hybridized carbons (Fsp3) is 0.804. The van der Waals surface area contributed by atoms with Gasteiger partial charge in [-0.05, 0) is 76.8 Å². The molecule has 1 aliphatic heterocycles. The lowest BCUT2D eigenvalue weighted by atomic mass is 9.87. The molecule has 1 aromatic rings. The van der Waals surface area contributed by atoms with E-state index in [1.165, 1.54) is 6.92 Å². The summed E-state index contributed by atoms with van der Waals surface area (Å²) in [7, 11) is 0. The van der Waals surface area contributed by atoms with Gasteiger partial charge in [0.25, 0.3) is 5.79 Å². The van der Waals surface area contributed by atoms with E-state index in [1.807, 2.05) is 40.7 Å². The van der Waals surface area contributed by atoms with Crippen LogP contribution < -0.4 is 21.3 Å². The zero-order valence-corrected chi connectivity index (χ0v) is 42.9. The predicted octanol–water partition coefficient (Wildman–Crippen LogP) is 7.93. The summed E-state index contributed by atoms with van der Waals surface area (Å²) in [6, 6.07) is 6.78. The van der Waals surface area contributed by atoms with Crippen molar-refractivity contribution in [3.8, 4) is 0 Å². The number of benzene rings is 1. The molecule has 0 saturated carbocycles. The maximum atomic E-state index is 17.5. The second-order valence-electron chi connectivity index (χ2n) is 17.6. The van der Waals surface area contributed by atoms with E-state index in [0.717, 1.165) is 50.5 Å². The van der Waals surface area contributed by atoms with Crippen molar-refractivity contribution < 1.29 is 65.9 Å². The number of alkyl carbamates (subject to hydrolysis) is 1. The molecule has 69 heavy (non-hydrogen) atoms. The monoisotopic (exact) mass is 987 g/mol. The van der Waals surface area contributed by atoms with Gasteiger partial charge in [-0.15, -0.1) is 0 Å². The number of carbonyl (C=O) groups is 4. The van der Waals surface area contributed by atoms with Crippen LogP contribution in [0.2, 0.25) is 0 Å². The van der Waals surface area contributed by atoms with Gasteiger partial charge in [0.15, 0.2) is 0 Å². The number of carbonyl (C=O) groups excluding carboxylic acids is 4. The number of hydrogen-bond acceptors (Lipinski definition) is 13. The Labute approximate surface area is 411 Å². The van der Waals surface area contributed by atoms with E-state index < -0.39 is 78.6 Å². The molecule has 0 unspecified atom stereocenters. The van der Waals surface area contributed by atoms with Crippen LogP contribution in [0.4, 0.5) is 13.6 Å². The van der Waals surface area contributed by atoms with Crippen LogP contribution in [0.3, 0.4) is 0 Å². The van der Waals surface area contributed by atoms with Gasteiger partial charge in [-0.2, -0.15) is 8.78 Å². The van der Waals surface area contributed by atoms with Gasteiger partial charge in [-0.25, -0.2) is 4.79 Å². The summed E-state index contributed by atoms with van der Waals surface area (Å²) >= 11 is 0. The van der Waals surface area contributed by atoms with Crippen LogP contribution in [0.25, 0.3) is 0 Å². The fourth-order valence-corrected chi connectivity index (χ4v) is 7.31. The lowest BCUT2D eigenvalue weighted by Gasteiger charge is -2.54. The molecule has 18 heteroatoms. The highest BCUT2D eigenvalue weighted by molar-refractivity contribution is 5.92. The number of amides is 3. The first kappa shape index (κ1) is 61.6. The molecule has 1 aromatic carbocycles. The number of alkyl halides is 2. The molecule has 0 bridgehead atoms. The molecular formula is C51H88F2N4O12. The van der Waals surface area contributed by atoms with E-state index in [9.17, 15) is 19.2 Å². The number of unbranched alkanes of at least 4 members (excludes halogenated alkanes) is 7. The van der Waals surface area contributed by atoms with Crippen molar-refractivity contribution in [3.63, 3.8) is 0 Å². The standard InChI is InChI=1S/C51H88F2N4O12/c1-8-14-29-62-37-42-44(64-31-16-10-3)45(65-32-17-11-4)46(66-33-18-12-5)51(69-42,68-34-19-13-6)50(52,53)38-54-28-24-23-27-41(57-49(61)67-36-40-25-21-20-22-26-40)48(60)56-39(7)47(59)55-35-43(58)63-30-15-9-2/h20-22,25-26,39,41-42,44-46,54H,8-19,23-24,27-38H2,1-7H3,(H,55,59)(H,56,60)(H,57,61)/t39-,41-,42+,44-,45-,46+,51+/m0/s1. The number of nitrogens with one attached hydrogen (secondary N) is 4. The van der Waals surface area contributed by atoms with Crippen molar-refractivity contribution >= 4 is 23.9 Å². The molecule has 2 rings (SSSR count). The van der Waals surface area contributed by atoms with E-state index in [1.54, 1.807) is 24.3 Å². The van der Waals surface area contributed by atoms with Crippen molar-refractivity contribution in [3.05, 3.63) is 35.9 Å². The normalized spacial score (nSPS) is 20.2. The first-order valence-electron chi connectivity index (χ1n) is 25.9. The van der Waals surface area contributed by atoms with Gasteiger partial charge in [0.05, 0.1) is 26.4 Å². The quantitative estimate of drug-likeness (QED) is 0.0367. The summed E-state index contributed by atoms with van der Waals surface area (Å²) in [5, 5.41) is 10.6. The van der Waals surface area contributed by atoms with Crippen molar-refractivity contribution in [2.75, 3.05) is 65.9 Å². The number of esters is 1. The zero-order valence-electron chi connectivity index (χ0n) is 42.9. The molecule has 1 fully saturated rings. The van der Waals surface area contributed by atoms with Crippen LogP contribution >= 0.6 is 0 Å². The van der Waals surface area contributed by atoms with Gasteiger partial charge in [0, 0.05) is 26.4 Å². The summed E-state index contributed by atoms with van der Waals surface area (Å²) in [4.78, 5) is 51.4. The van der Waals surface area contributed by atoms with Gasteiger partial charge in [0.1, 0.15) is 49.7 Å². The second-order valence-corrected chi connectivity index (χ2v) is 17.6. The topological polar surface area (TPSA) is 190 Å². The summed E-state index contributed by atoms with van der Waals surface area (Å²) in [5.41, 5.74) is 0.737. The summed E-state index contributed by atoms with van der Waals surface area (Å²) < 4.78 is 83.9. The summed E-state index contributed by atoms with van der Waals surface area (Å²) in [6.45, 7) is 13.8. The largest absolute Gasteiger partial charge is 0.464 e. The van der Waals surface area contributed by atoms with Gasteiger partial charge in [0.2, 0.25) is 11.8 Å². The molecule has 0 aromatic heterocycles. The van der Waals surface area contributed by atoms with Crippen molar-refractivity contribution in [2.45, 2.75) is 200 Å². The van der Waals surface area contributed by atoms with Gasteiger partial charge in [-0.3, -0.25) is 14.4 Å². The summed E-state index contributed by atoms with van der Waals surface area (Å²) in [6.07, 6.45) is 4.82. The zero-order chi connectivity index (χ0) is 50.8. The minimum absolute atomic E-state index is 0.00566. The molecule has 1 saturated heterocycles. The molecule has 4 N–H and O–H groups in total. The van der Waals surface area contributed by atoms with E-state index in [2.05, 4.69) is 28.2 Å². The Bertz CT molecular complexity index is 1530. The Morgan fingerprint density at radius 1 is 0.696 bits per heavy atom. The minimum Gasteiger partial charge on any atom is -0.464 e. The van der Waals surface area contributed by atoms with Crippen molar-refractivity contribution in [1.29, 1.82) is 0 Å². The van der Waals surface area contributed by atoms with Crippen LogP contribution in [0.15, 0.2) is 30.3 Å². The van der Waals surface area contributed by atoms with Crippen LogP contribution in [0.5, 0.6) is 0 Å². The van der Waals surface area contributed by atoms with Crippen molar-refractivity contribution in [2.24, 2.45) is 0 Å². The molecule has 1 heterocycles. The maximum Gasteiger partial charge on any atom is 0.408 e. The summed E-state index contributed by atoms with van der Waals surface area (Å²) in [5.74, 6) is -8.15. The lowest BCUT2D eigenvalue weighted by Crippen LogP contribution is -2.75. The molecule has 0 aliphatic carbocycles. The first-order valence-corrected chi connectivity index (χ1v) is 25.9. The Morgan fingerprint density at radius 2 is 1.29 bits per heavy atom. The first-order chi connectivity index (χ1) is 33.3. The highest BCUT2D eigenvalue weighted by Crippen LogP contribution is 2.46. The van der Waals surface area contributed by atoms with Gasteiger partial charge in [-0.1, -0.05) is 110 Å². The lowest BCUT2D eigenvalue weighted by molar-refractivity contribution is -0.432. The Morgan fingerprint density at radius 3 is 1.94 bits per heavy atom.